The van der Waals surface area contributed by atoms with E-state index in [0.717, 1.165) is 36.4 Å². The maximum atomic E-state index is 14.0. The normalized spacial score (nSPS) is 11.9. The van der Waals surface area contributed by atoms with E-state index in [1.165, 1.54) is 19.2 Å². The van der Waals surface area contributed by atoms with Crippen LogP contribution in [0.15, 0.2) is 48.5 Å². The lowest BCUT2D eigenvalue weighted by molar-refractivity contribution is -0.274. The predicted molar refractivity (Wildman–Crippen MR) is 70.6 cm³/mol. The van der Waals surface area contributed by atoms with Crippen LogP contribution in [0.3, 0.4) is 0 Å². The summed E-state index contributed by atoms with van der Waals surface area (Å²) < 4.78 is 77.0. The topological polar surface area (TPSA) is 27.7 Å². The fraction of sp³-hybridized carbons (Fsp3) is 0.200. The third kappa shape index (κ3) is 4.73. The average Bonchev–Trinajstić information content (AvgIpc) is 2.48. The van der Waals surface area contributed by atoms with Crippen molar-refractivity contribution in [1.82, 2.24) is 0 Å². The van der Waals surface area contributed by atoms with E-state index in [1.807, 2.05) is 0 Å². The number of hydrogen-bond acceptors (Lipinski definition) is 3. The Morgan fingerprint density at radius 3 is 1.52 bits per heavy atom. The lowest BCUT2D eigenvalue weighted by Crippen LogP contribution is -2.21. The van der Waals surface area contributed by atoms with Crippen LogP contribution in [-0.2, 0) is 6.11 Å². The Hall–Kier alpha value is -2.51. The maximum absolute atomic E-state index is 14.0. The second kappa shape index (κ2) is 6.31. The molecule has 8 heteroatoms. The van der Waals surface area contributed by atoms with Crippen LogP contribution in [0, 0.1) is 0 Å². The molecule has 3 nitrogen and oxygen atoms in total. The van der Waals surface area contributed by atoms with Crippen LogP contribution >= 0.6 is 0 Å². The second-order valence-corrected chi connectivity index (χ2v) is 4.37. The lowest BCUT2D eigenvalue weighted by Gasteiger charge is -2.18. The van der Waals surface area contributed by atoms with Crippen molar-refractivity contribution in [2.24, 2.45) is 0 Å². The highest BCUT2D eigenvalue weighted by atomic mass is 19.4. The first-order valence-corrected chi connectivity index (χ1v) is 6.27. The number of ether oxygens (including phenoxy) is 3. The molecule has 2 aromatic rings. The van der Waals surface area contributed by atoms with Crippen molar-refractivity contribution in [1.29, 1.82) is 0 Å². The molecule has 0 N–H and O–H groups in total. The van der Waals surface area contributed by atoms with Crippen molar-refractivity contribution < 1.29 is 36.2 Å². The molecular weight excluding hydrogens is 323 g/mol. The largest absolute Gasteiger partial charge is 0.573 e. The van der Waals surface area contributed by atoms with E-state index in [-0.39, 0.29) is 5.75 Å². The standard InChI is InChI=1S/C15H11F5O3/c1-21-11-4-2-10(3-5-11)14(16,17)22-12-6-8-13(9-7-12)23-15(18,19)20/h2-9H,1H3. The maximum Gasteiger partial charge on any atom is 0.573 e. The van der Waals surface area contributed by atoms with Crippen LogP contribution in [-0.4, -0.2) is 13.5 Å². The Labute approximate surface area is 128 Å². The van der Waals surface area contributed by atoms with Gasteiger partial charge in [-0.05, 0) is 48.5 Å². The highest BCUT2D eigenvalue weighted by Crippen LogP contribution is 2.33. The minimum atomic E-state index is -4.85. The molecule has 0 fully saturated rings. The molecule has 0 saturated heterocycles. The van der Waals surface area contributed by atoms with E-state index in [0.29, 0.717) is 5.75 Å². The number of hydrogen-bond donors (Lipinski definition) is 0. The van der Waals surface area contributed by atoms with Crippen molar-refractivity contribution in [2.75, 3.05) is 7.11 Å². The molecule has 23 heavy (non-hydrogen) atoms. The third-order valence-electron chi connectivity index (χ3n) is 2.73. The van der Waals surface area contributed by atoms with Gasteiger partial charge in [-0.25, -0.2) is 0 Å². The Balaban J connectivity index is 2.10. The second-order valence-electron chi connectivity index (χ2n) is 4.37. The summed E-state index contributed by atoms with van der Waals surface area (Å²) >= 11 is 0. The van der Waals surface area contributed by atoms with Crippen molar-refractivity contribution in [3.63, 3.8) is 0 Å². The van der Waals surface area contributed by atoms with Crippen molar-refractivity contribution in [2.45, 2.75) is 12.5 Å². The smallest absolute Gasteiger partial charge is 0.497 e. The third-order valence-corrected chi connectivity index (χ3v) is 2.73. The number of alkyl halides is 5. The summed E-state index contributed by atoms with van der Waals surface area (Å²) in [6.45, 7) is 0. The van der Waals surface area contributed by atoms with Crippen LogP contribution in [0.2, 0.25) is 0 Å². The van der Waals surface area contributed by atoms with Gasteiger partial charge in [0.25, 0.3) is 0 Å². The number of halogens is 5. The summed E-state index contributed by atoms with van der Waals surface area (Å²) in [5.41, 5.74) is -0.422. The Morgan fingerprint density at radius 1 is 0.652 bits per heavy atom. The quantitative estimate of drug-likeness (QED) is 0.741. The highest BCUT2D eigenvalue weighted by molar-refractivity contribution is 5.33. The Kier molecular flexibility index (Phi) is 4.63. The summed E-state index contributed by atoms with van der Waals surface area (Å²) in [4.78, 5) is 0. The van der Waals surface area contributed by atoms with Gasteiger partial charge in [-0.2, -0.15) is 8.78 Å². The Bertz CT molecular complexity index is 636. The number of methoxy groups -OCH3 is 1. The SMILES string of the molecule is COc1ccc(C(F)(F)Oc2ccc(OC(F)(F)F)cc2)cc1. The monoisotopic (exact) mass is 334 g/mol. The number of benzene rings is 2. The molecule has 0 bridgehead atoms. The predicted octanol–water partition coefficient (Wildman–Crippen LogP) is 4.72. The van der Waals surface area contributed by atoms with Crippen LogP contribution < -0.4 is 14.2 Å². The van der Waals surface area contributed by atoms with Crippen molar-refractivity contribution >= 4 is 0 Å². The zero-order chi connectivity index (χ0) is 17.1. The zero-order valence-corrected chi connectivity index (χ0v) is 11.7. The van der Waals surface area contributed by atoms with Gasteiger partial charge in [-0.15, -0.1) is 13.2 Å². The van der Waals surface area contributed by atoms with Gasteiger partial charge in [-0.1, -0.05) is 0 Å². The van der Waals surface area contributed by atoms with E-state index < -0.39 is 23.8 Å². The molecule has 124 valence electrons. The molecule has 2 aromatic carbocycles. The minimum Gasteiger partial charge on any atom is -0.497 e. The summed E-state index contributed by atoms with van der Waals surface area (Å²) in [6, 6.07) is 8.61. The van der Waals surface area contributed by atoms with E-state index in [2.05, 4.69) is 9.47 Å². The van der Waals surface area contributed by atoms with Crippen molar-refractivity contribution in [3.05, 3.63) is 54.1 Å². The first-order chi connectivity index (χ1) is 10.7. The molecule has 0 heterocycles. The first kappa shape index (κ1) is 16.9. The van der Waals surface area contributed by atoms with Gasteiger partial charge >= 0.3 is 12.5 Å². The molecule has 0 aliphatic heterocycles. The van der Waals surface area contributed by atoms with Gasteiger partial charge < -0.3 is 14.2 Å². The van der Waals surface area contributed by atoms with Crippen LogP contribution in [0.1, 0.15) is 5.56 Å². The van der Waals surface area contributed by atoms with Gasteiger partial charge in [0.2, 0.25) is 0 Å². The van der Waals surface area contributed by atoms with E-state index >= 15 is 0 Å². The molecule has 0 saturated carbocycles. The van der Waals surface area contributed by atoms with Crippen LogP contribution in [0.4, 0.5) is 22.0 Å². The van der Waals surface area contributed by atoms with Crippen LogP contribution in [0.5, 0.6) is 17.2 Å². The van der Waals surface area contributed by atoms with Gasteiger partial charge in [0.1, 0.15) is 17.2 Å². The van der Waals surface area contributed by atoms with Crippen LogP contribution in [0.25, 0.3) is 0 Å². The Morgan fingerprint density at radius 2 is 1.09 bits per heavy atom. The molecule has 0 unspecified atom stereocenters. The van der Waals surface area contributed by atoms with Crippen molar-refractivity contribution in [3.8, 4) is 17.2 Å². The van der Waals surface area contributed by atoms with Gasteiger partial charge in [0.05, 0.1) is 12.7 Å². The fourth-order valence-corrected chi connectivity index (χ4v) is 1.70. The molecule has 0 amide bonds. The molecule has 0 spiro atoms. The van der Waals surface area contributed by atoms with E-state index in [4.69, 9.17) is 4.74 Å². The summed E-state index contributed by atoms with van der Waals surface area (Å²) in [6.07, 6.45) is -8.51. The van der Waals surface area contributed by atoms with Gasteiger partial charge in [0, 0.05) is 0 Å². The zero-order valence-electron chi connectivity index (χ0n) is 11.7. The number of rotatable bonds is 5. The highest BCUT2D eigenvalue weighted by Gasteiger charge is 2.35. The minimum absolute atomic E-state index is 0.305. The lowest BCUT2D eigenvalue weighted by atomic mass is 10.2. The first-order valence-electron chi connectivity index (χ1n) is 6.27. The molecular formula is C15H11F5O3. The molecule has 0 atom stereocenters. The molecule has 0 aliphatic carbocycles. The molecule has 2 rings (SSSR count). The average molecular weight is 334 g/mol. The van der Waals surface area contributed by atoms with Gasteiger partial charge in [-0.3, -0.25) is 0 Å². The summed E-state index contributed by atoms with van der Waals surface area (Å²) in [5, 5.41) is 0. The fourth-order valence-electron chi connectivity index (χ4n) is 1.70. The molecule has 0 aliphatic rings. The van der Waals surface area contributed by atoms with E-state index in [9.17, 15) is 22.0 Å². The van der Waals surface area contributed by atoms with E-state index in [1.54, 1.807) is 0 Å². The molecule has 0 radical (unpaired) electrons. The summed E-state index contributed by atoms with van der Waals surface area (Å²) in [7, 11) is 1.40. The summed E-state index contributed by atoms with van der Waals surface area (Å²) in [5.74, 6) is -0.434. The molecule has 0 aromatic heterocycles. The van der Waals surface area contributed by atoms with Gasteiger partial charge in [0.15, 0.2) is 0 Å².